The van der Waals surface area contributed by atoms with Gasteiger partial charge in [-0.2, -0.15) is 0 Å². The third-order valence-electron chi connectivity index (χ3n) is 3.55. The minimum Gasteiger partial charge on any atom is -0.336 e. The van der Waals surface area contributed by atoms with Crippen molar-refractivity contribution in [2.75, 3.05) is 13.1 Å². The monoisotopic (exact) mass is 246 g/mol. The highest BCUT2D eigenvalue weighted by molar-refractivity contribution is 5.97. The number of benzene rings is 1. The molecule has 1 aliphatic carbocycles. The van der Waals surface area contributed by atoms with Gasteiger partial charge in [0.05, 0.1) is 0 Å². The fourth-order valence-electron chi connectivity index (χ4n) is 2.39. The first-order chi connectivity index (χ1) is 8.65. The lowest BCUT2D eigenvalue weighted by molar-refractivity contribution is 0.0740. The molecule has 1 amide bonds. The van der Waals surface area contributed by atoms with Gasteiger partial charge in [0, 0.05) is 18.2 Å². The maximum Gasteiger partial charge on any atom is 0.254 e. The average molecular weight is 246 g/mol. The Morgan fingerprint density at radius 3 is 2.44 bits per heavy atom. The molecule has 0 unspecified atom stereocenters. The van der Waals surface area contributed by atoms with Crippen LogP contribution in [-0.4, -0.2) is 29.9 Å². The van der Waals surface area contributed by atoms with Crippen LogP contribution in [-0.2, 0) is 0 Å². The SMILES string of the molecule is Cc1cccc(C)c1C(=O)N(CCCN)C1CC1. The number of hydrogen-bond acceptors (Lipinski definition) is 2. The average Bonchev–Trinajstić information content (AvgIpc) is 3.14. The summed E-state index contributed by atoms with van der Waals surface area (Å²) in [5.74, 6) is 0.182. The summed E-state index contributed by atoms with van der Waals surface area (Å²) >= 11 is 0. The van der Waals surface area contributed by atoms with Crippen molar-refractivity contribution in [1.29, 1.82) is 0 Å². The van der Waals surface area contributed by atoms with Gasteiger partial charge in [-0.15, -0.1) is 0 Å². The van der Waals surface area contributed by atoms with E-state index < -0.39 is 0 Å². The Hall–Kier alpha value is -1.35. The van der Waals surface area contributed by atoms with Gasteiger partial charge in [0.2, 0.25) is 0 Å². The van der Waals surface area contributed by atoms with E-state index in [2.05, 4.69) is 0 Å². The van der Waals surface area contributed by atoms with Crippen molar-refractivity contribution in [3.63, 3.8) is 0 Å². The van der Waals surface area contributed by atoms with Crippen molar-refractivity contribution in [2.45, 2.75) is 39.2 Å². The molecule has 3 nitrogen and oxygen atoms in total. The minimum absolute atomic E-state index is 0.182. The quantitative estimate of drug-likeness (QED) is 0.866. The van der Waals surface area contributed by atoms with Crippen molar-refractivity contribution in [3.05, 3.63) is 34.9 Å². The summed E-state index contributed by atoms with van der Waals surface area (Å²) < 4.78 is 0. The molecule has 0 spiro atoms. The normalized spacial score (nSPS) is 14.6. The third kappa shape index (κ3) is 2.72. The van der Waals surface area contributed by atoms with Crippen LogP contribution >= 0.6 is 0 Å². The zero-order chi connectivity index (χ0) is 13.1. The number of nitrogens with zero attached hydrogens (tertiary/aromatic N) is 1. The summed E-state index contributed by atoms with van der Waals surface area (Å²) in [5.41, 5.74) is 8.57. The molecular formula is C15H22N2O. The van der Waals surface area contributed by atoms with Crippen molar-refractivity contribution < 1.29 is 4.79 Å². The highest BCUT2D eigenvalue weighted by Gasteiger charge is 2.33. The van der Waals surface area contributed by atoms with Crippen LogP contribution in [0.1, 0.15) is 40.7 Å². The molecule has 0 radical (unpaired) electrons. The predicted molar refractivity (Wildman–Crippen MR) is 73.6 cm³/mol. The van der Waals surface area contributed by atoms with Gasteiger partial charge in [0.1, 0.15) is 0 Å². The second kappa shape index (κ2) is 5.53. The van der Waals surface area contributed by atoms with E-state index in [9.17, 15) is 4.79 Å². The maximum atomic E-state index is 12.7. The lowest BCUT2D eigenvalue weighted by Crippen LogP contribution is -2.35. The summed E-state index contributed by atoms with van der Waals surface area (Å²) in [6, 6.07) is 6.47. The van der Waals surface area contributed by atoms with E-state index in [4.69, 9.17) is 5.73 Å². The Kier molecular flexibility index (Phi) is 4.02. The zero-order valence-corrected chi connectivity index (χ0v) is 11.3. The lowest BCUT2D eigenvalue weighted by Gasteiger charge is -2.24. The first kappa shape index (κ1) is 13.1. The fraction of sp³-hybridized carbons (Fsp3) is 0.533. The molecule has 3 heteroatoms. The van der Waals surface area contributed by atoms with Crippen LogP contribution in [0.4, 0.5) is 0 Å². The fourth-order valence-corrected chi connectivity index (χ4v) is 2.39. The molecular weight excluding hydrogens is 224 g/mol. The smallest absolute Gasteiger partial charge is 0.254 e. The van der Waals surface area contributed by atoms with E-state index in [0.29, 0.717) is 12.6 Å². The Balaban J connectivity index is 2.22. The van der Waals surface area contributed by atoms with Crippen LogP contribution < -0.4 is 5.73 Å². The molecule has 0 atom stereocenters. The zero-order valence-electron chi connectivity index (χ0n) is 11.3. The van der Waals surface area contributed by atoms with E-state index >= 15 is 0 Å². The van der Waals surface area contributed by atoms with E-state index in [-0.39, 0.29) is 5.91 Å². The van der Waals surface area contributed by atoms with E-state index in [1.165, 1.54) is 0 Å². The van der Waals surface area contributed by atoms with Gasteiger partial charge in [-0.3, -0.25) is 4.79 Å². The first-order valence-corrected chi connectivity index (χ1v) is 6.72. The molecule has 1 aromatic rings. The summed E-state index contributed by atoms with van der Waals surface area (Å²) in [7, 11) is 0. The Bertz CT molecular complexity index is 418. The molecule has 0 saturated heterocycles. The molecule has 0 aromatic heterocycles. The largest absolute Gasteiger partial charge is 0.336 e. The summed E-state index contributed by atoms with van der Waals surface area (Å²) in [6.07, 6.45) is 3.16. The maximum absolute atomic E-state index is 12.7. The molecule has 2 N–H and O–H groups in total. The molecule has 2 rings (SSSR count). The highest BCUT2D eigenvalue weighted by Crippen LogP contribution is 2.29. The number of aryl methyl sites for hydroxylation is 2. The summed E-state index contributed by atoms with van der Waals surface area (Å²) in [4.78, 5) is 14.7. The van der Waals surface area contributed by atoms with E-state index in [1.807, 2.05) is 36.9 Å². The molecule has 0 heterocycles. The molecule has 1 aromatic carbocycles. The van der Waals surface area contributed by atoms with Crippen molar-refractivity contribution in [1.82, 2.24) is 4.90 Å². The predicted octanol–water partition coefficient (Wildman–Crippen LogP) is 2.26. The molecule has 1 aliphatic rings. The number of carbonyl (C=O) groups is 1. The minimum atomic E-state index is 0.182. The molecule has 0 bridgehead atoms. The second-order valence-electron chi connectivity index (χ2n) is 5.14. The number of hydrogen-bond donors (Lipinski definition) is 1. The molecule has 1 fully saturated rings. The van der Waals surface area contributed by atoms with E-state index in [1.54, 1.807) is 0 Å². The molecule has 18 heavy (non-hydrogen) atoms. The van der Waals surface area contributed by atoms with Gasteiger partial charge >= 0.3 is 0 Å². The van der Waals surface area contributed by atoms with Crippen molar-refractivity contribution >= 4 is 5.91 Å². The van der Waals surface area contributed by atoms with Gasteiger partial charge in [-0.05, 0) is 50.8 Å². The highest BCUT2D eigenvalue weighted by atomic mass is 16.2. The van der Waals surface area contributed by atoms with Crippen molar-refractivity contribution in [2.24, 2.45) is 5.73 Å². The van der Waals surface area contributed by atoms with Gasteiger partial charge in [0.25, 0.3) is 5.91 Å². The number of carbonyl (C=O) groups excluding carboxylic acids is 1. The topological polar surface area (TPSA) is 46.3 Å². The van der Waals surface area contributed by atoms with Gasteiger partial charge in [0.15, 0.2) is 0 Å². The summed E-state index contributed by atoms with van der Waals surface area (Å²) in [6.45, 7) is 5.44. The van der Waals surface area contributed by atoms with Gasteiger partial charge < -0.3 is 10.6 Å². The summed E-state index contributed by atoms with van der Waals surface area (Å²) in [5, 5.41) is 0. The molecule has 0 aliphatic heterocycles. The third-order valence-corrected chi connectivity index (χ3v) is 3.55. The van der Waals surface area contributed by atoms with Crippen LogP contribution in [0.25, 0.3) is 0 Å². The van der Waals surface area contributed by atoms with Crippen molar-refractivity contribution in [3.8, 4) is 0 Å². The van der Waals surface area contributed by atoms with Gasteiger partial charge in [-0.25, -0.2) is 0 Å². The van der Waals surface area contributed by atoms with Crippen LogP contribution in [0.5, 0.6) is 0 Å². The standard InChI is InChI=1S/C15H22N2O/c1-11-5-3-6-12(2)14(11)15(18)17(10-4-9-16)13-7-8-13/h3,5-6,13H,4,7-10,16H2,1-2H3. The van der Waals surface area contributed by atoms with Crippen LogP contribution in [0.2, 0.25) is 0 Å². The van der Waals surface area contributed by atoms with Crippen LogP contribution in [0, 0.1) is 13.8 Å². The number of nitrogens with two attached hydrogens (primary N) is 1. The van der Waals surface area contributed by atoms with Crippen LogP contribution in [0.3, 0.4) is 0 Å². The second-order valence-corrected chi connectivity index (χ2v) is 5.14. The Morgan fingerprint density at radius 2 is 1.94 bits per heavy atom. The Labute approximate surface area is 109 Å². The first-order valence-electron chi connectivity index (χ1n) is 6.72. The number of amides is 1. The molecule has 1 saturated carbocycles. The van der Waals surface area contributed by atoms with Crippen LogP contribution in [0.15, 0.2) is 18.2 Å². The van der Waals surface area contributed by atoms with Gasteiger partial charge in [-0.1, -0.05) is 18.2 Å². The molecule has 98 valence electrons. The number of rotatable bonds is 5. The Morgan fingerprint density at radius 1 is 1.33 bits per heavy atom. The lowest BCUT2D eigenvalue weighted by atomic mass is 10.0. The van der Waals surface area contributed by atoms with E-state index in [0.717, 1.165) is 42.5 Å².